The normalized spacial score (nSPS) is 15.3. The summed E-state index contributed by atoms with van der Waals surface area (Å²) in [6, 6.07) is 2.00. The Kier molecular flexibility index (Phi) is 6.99. The third kappa shape index (κ3) is 5.46. The number of rotatable bonds is 11. The van der Waals surface area contributed by atoms with Gasteiger partial charge in [-0.1, -0.05) is 32.0 Å². The fraction of sp³-hybridized carbons (Fsp3) is 0.588. The smallest absolute Gasteiger partial charge is 0.152 e. The fourth-order valence-corrected chi connectivity index (χ4v) is 2.63. The number of nitrogens with zero attached hydrogens (tertiary/aromatic N) is 2. The third-order valence-corrected chi connectivity index (χ3v) is 4.69. The Morgan fingerprint density at radius 2 is 2.17 bits per heavy atom. The van der Waals surface area contributed by atoms with E-state index in [2.05, 4.69) is 46.2 Å². The molecule has 7 heteroatoms. The van der Waals surface area contributed by atoms with Crippen LogP contribution >= 0.6 is 11.6 Å². The number of hydrogen-bond donors (Lipinski definition) is 4. The lowest BCUT2D eigenvalue weighted by Crippen LogP contribution is -2.29. The number of H-pyrrole nitrogens is 1. The molecule has 1 heterocycles. The molecular formula is C17H29ClN6. The molecule has 0 bridgehead atoms. The Morgan fingerprint density at radius 1 is 1.46 bits per heavy atom. The summed E-state index contributed by atoms with van der Waals surface area (Å²) in [6.45, 7) is 12.2. The summed E-state index contributed by atoms with van der Waals surface area (Å²) < 4.78 is 0. The maximum absolute atomic E-state index is 6.29. The van der Waals surface area contributed by atoms with Crippen molar-refractivity contribution in [3.05, 3.63) is 34.9 Å². The number of hydrogen-bond acceptors (Lipinski definition) is 5. The van der Waals surface area contributed by atoms with Crippen LogP contribution in [0.5, 0.6) is 0 Å². The second kappa shape index (κ2) is 8.99. The highest BCUT2D eigenvalue weighted by Gasteiger charge is 2.25. The Hall–Kier alpha value is -1.66. The van der Waals surface area contributed by atoms with Crippen LogP contribution in [0, 0.1) is 0 Å². The summed E-state index contributed by atoms with van der Waals surface area (Å²) >= 11 is 6.29. The average Bonchev–Trinajstić information content (AvgIpc) is 3.34. The van der Waals surface area contributed by atoms with Crippen molar-refractivity contribution in [2.45, 2.75) is 39.0 Å². The van der Waals surface area contributed by atoms with Crippen molar-refractivity contribution in [1.29, 1.82) is 0 Å². The van der Waals surface area contributed by atoms with Crippen molar-refractivity contribution < 1.29 is 0 Å². The van der Waals surface area contributed by atoms with E-state index in [4.69, 9.17) is 17.3 Å². The van der Waals surface area contributed by atoms with Crippen molar-refractivity contribution >= 4 is 17.4 Å². The summed E-state index contributed by atoms with van der Waals surface area (Å²) in [4.78, 5) is 2.37. The van der Waals surface area contributed by atoms with Gasteiger partial charge in [0.15, 0.2) is 5.82 Å². The molecule has 0 aromatic carbocycles. The van der Waals surface area contributed by atoms with E-state index >= 15 is 0 Å². The van der Waals surface area contributed by atoms with Crippen molar-refractivity contribution in [1.82, 2.24) is 20.4 Å². The molecule has 1 saturated carbocycles. The van der Waals surface area contributed by atoms with Crippen molar-refractivity contribution in [3.8, 4) is 0 Å². The Balaban J connectivity index is 1.77. The molecule has 134 valence electrons. The first-order valence-corrected chi connectivity index (χ1v) is 9.06. The lowest BCUT2D eigenvalue weighted by atomic mass is 10.3. The molecule has 5 N–H and O–H groups in total. The molecule has 1 aromatic heterocycles. The van der Waals surface area contributed by atoms with Crippen LogP contribution in [-0.2, 0) is 0 Å². The van der Waals surface area contributed by atoms with Gasteiger partial charge in [-0.15, -0.1) is 0 Å². The zero-order valence-electron chi connectivity index (χ0n) is 14.7. The number of nitrogens with one attached hydrogen (secondary N) is 3. The Bertz CT molecular complexity index is 571. The van der Waals surface area contributed by atoms with Gasteiger partial charge < -0.3 is 21.3 Å². The van der Waals surface area contributed by atoms with E-state index in [1.807, 2.05) is 6.07 Å². The maximum atomic E-state index is 6.29. The molecule has 1 aliphatic rings. The minimum atomic E-state index is 0.397. The molecule has 0 atom stereocenters. The van der Waals surface area contributed by atoms with Gasteiger partial charge >= 0.3 is 0 Å². The van der Waals surface area contributed by atoms with Crippen molar-refractivity contribution in [2.75, 3.05) is 31.5 Å². The molecule has 0 spiro atoms. The van der Waals surface area contributed by atoms with Gasteiger partial charge in [-0.3, -0.25) is 5.10 Å². The monoisotopic (exact) mass is 352 g/mol. The SMILES string of the molecule is C=C(Nc1cc(C2CC2)[nH]n1)/C(Cl)=C(\N)NCCCN(CC)CC. The van der Waals surface area contributed by atoms with Crippen molar-refractivity contribution in [3.63, 3.8) is 0 Å². The molecule has 6 nitrogen and oxygen atoms in total. The van der Waals surface area contributed by atoms with Gasteiger partial charge in [0.05, 0.1) is 5.70 Å². The maximum Gasteiger partial charge on any atom is 0.152 e. The second-order valence-corrected chi connectivity index (χ2v) is 6.50. The van der Waals surface area contributed by atoms with Gasteiger partial charge in [-0.2, -0.15) is 5.10 Å². The summed E-state index contributed by atoms with van der Waals surface area (Å²) in [6.07, 6.45) is 3.47. The minimum Gasteiger partial charge on any atom is -0.384 e. The van der Waals surface area contributed by atoms with E-state index in [1.165, 1.54) is 12.8 Å². The summed E-state index contributed by atoms with van der Waals surface area (Å²) in [5, 5.41) is 13.9. The van der Waals surface area contributed by atoms with Crippen LogP contribution in [0.3, 0.4) is 0 Å². The third-order valence-electron chi connectivity index (χ3n) is 4.26. The van der Waals surface area contributed by atoms with Gasteiger partial charge in [0.2, 0.25) is 0 Å². The highest BCUT2D eigenvalue weighted by atomic mass is 35.5. The molecule has 0 radical (unpaired) electrons. The minimum absolute atomic E-state index is 0.397. The van der Waals surface area contributed by atoms with Gasteiger partial charge in [0.25, 0.3) is 0 Å². The number of allylic oxidation sites excluding steroid dienone is 1. The van der Waals surface area contributed by atoms with E-state index in [-0.39, 0.29) is 0 Å². The van der Waals surface area contributed by atoms with Gasteiger partial charge in [-0.25, -0.2) is 0 Å². The Labute approximate surface area is 149 Å². The number of aromatic nitrogens is 2. The van der Waals surface area contributed by atoms with Crippen LogP contribution in [0.2, 0.25) is 0 Å². The van der Waals surface area contributed by atoms with E-state index in [0.717, 1.165) is 44.1 Å². The predicted molar refractivity (Wildman–Crippen MR) is 101 cm³/mol. The molecule has 1 aromatic rings. The lowest BCUT2D eigenvalue weighted by Gasteiger charge is -2.18. The van der Waals surface area contributed by atoms with E-state index in [1.54, 1.807) is 0 Å². The molecule has 0 saturated heterocycles. The highest BCUT2D eigenvalue weighted by molar-refractivity contribution is 6.32. The Morgan fingerprint density at radius 3 is 2.79 bits per heavy atom. The van der Waals surface area contributed by atoms with E-state index < -0.39 is 0 Å². The molecule has 2 rings (SSSR count). The first kappa shape index (κ1) is 18.7. The second-order valence-electron chi connectivity index (χ2n) is 6.12. The van der Waals surface area contributed by atoms with E-state index in [0.29, 0.717) is 22.5 Å². The van der Waals surface area contributed by atoms with Crippen LogP contribution in [-0.4, -0.2) is 41.3 Å². The summed E-state index contributed by atoms with van der Waals surface area (Å²) in [5.41, 5.74) is 7.71. The summed E-state index contributed by atoms with van der Waals surface area (Å²) in [7, 11) is 0. The van der Waals surface area contributed by atoms with Crippen LogP contribution in [0.1, 0.15) is 44.7 Å². The van der Waals surface area contributed by atoms with Crippen LogP contribution in [0.15, 0.2) is 29.2 Å². The lowest BCUT2D eigenvalue weighted by molar-refractivity contribution is 0.299. The highest BCUT2D eigenvalue weighted by Crippen LogP contribution is 2.39. The topological polar surface area (TPSA) is 82.0 Å². The summed E-state index contributed by atoms with van der Waals surface area (Å²) in [5.74, 6) is 1.78. The van der Waals surface area contributed by atoms with E-state index in [9.17, 15) is 0 Å². The molecule has 24 heavy (non-hydrogen) atoms. The first-order valence-electron chi connectivity index (χ1n) is 8.68. The largest absolute Gasteiger partial charge is 0.384 e. The van der Waals surface area contributed by atoms with Gasteiger partial charge in [-0.05, 0) is 38.9 Å². The molecule has 1 aliphatic carbocycles. The zero-order valence-corrected chi connectivity index (χ0v) is 15.4. The quantitative estimate of drug-likeness (QED) is 0.363. The average molecular weight is 353 g/mol. The standard InChI is InChI=1S/C17H29ClN6/c1-4-24(5-2)10-6-9-20-17(19)16(18)12(3)21-15-11-14(22-23-15)13-7-8-13/h11,13,20H,3-10,19H2,1-2H3,(H2,21,22,23)/b17-16-. The van der Waals surface area contributed by atoms with Gasteiger partial charge in [0, 0.05) is 24.2 Å². The number of anilines is 1. The molecule has 0 unspecified atom stereocenters. The van der Waals surface area contributed by atoms with Crippen LogP contribution in [0.25, 0.3) is 0 Å². The number of halogens is 1. The molecular weight excluding hydrogens is 324 g/mol. The first-order chi connectivity index (χ1) is 11.5. The molecule has 0 amide bonds. The zero-order chi connectivity index (χ0) is 17.5. The van der Waals surface area contributed by atoms with Gasteiger partial charge in [0.1, 0.15) is 10.9 Å². The molecule has 1 fully saturated rings. The molecule has 0 aliphatic heterocycles. The predicted octanol–water partition coefficient (Wildman–Crippen LogP) is 2.90. The fourth-order valence-electron chi connectivity index (χ4n) is 2.52. The number of nitrogens with two attached hydrogens (primary N) is 1. The van der Waals surface area contributed by atoms with Crippen LogP contribution < -0.4 is 16.4 Å². The van der Waals surface area contributed by atoms with Crippen molar-refractivity contribution in [2.24, 2.45) is 5.73 Å². The number of aromatic amines is 1. The van der Waals surface area contributed by atoms with Crippen LogP contribution in [0.4, 0.5) is 5.82 Å².